The van der Waals surface area contributed by atoms with Gasteiger partial charge >= 0.3 is 0 Å². The Morgan fingerprint density at radius 3 is 2.70 bits per heavy atom. The highest BCUT2D eigenvalue weighted by Gasteiger charge is 2.13. The van der Waals surface area contributed by atoms with E-state index in [1.54, 1.807) is 24.3 Å². The summed E-state index contributed by atoms with van der Waals surface area (Å²) in [5.74, 6) is -0.445. The maximum atomic E-state index is 13.7. The van der Waals surface area contributed by atoms with E-state index in [0.717, 1.165) is 5.39 Å². The van der Waals surface area contributed by atoms with E-state index >= 15 is 0 Å². The van der Waals surface area contributed by atoms with E-state index in [9.17, 15) is 9.50 Å². The van der Waals surface area contributed by atoms with E-state index in [1.165, 1.54) is 6.07 Å². The number of aliphatic hydroxyl groups is 1. The minimum atomic E-state index is -0.992. The third kappa shape index (κ3) is 3.12. The van der Waals surface area contributed by atoms with Crippen LogP contribution in [0.4, 0.5) is 10.1 Å². The molecular weight excluding hydrogens is 293 g/mol. The van der Waals surface area contributed by atoms with Crippen molar-refractivity contribution < 1.29 is 9.50 Å². The summed E-state index contributed by atoms with van der Waals surface area (Å²) in [6.07, 6.45) is -0.992. The number of nitrogens with one attached hydrogen (secondary N) is 1. The first kappa shape index (κ1) is 14.9. The number of pyridine rings is 1. The number of hydrogen-bond acceptors (Lipinski definition) is 4. The Hall–Kier alpha value is -2.97. The Balaban J connectivity index is 1.87. The van der Waals surface area contributed by atoms with Crippen LogP contribution < -0.4 is 5.32 Å². The first-order valence-corrected chi connectivity index (χ1v) is 7.15. The predicted octanol–water partition coefficient (Wildman–Crippen LogP) is 3.39. The second-order valence-corrected chi connectivity index (χ2v) is 5.10. The van der Waals surface area contributed by atoms with Crippen molar-refractivity contribution in [1.29, 1.82) is 5.26 Å². The van der Waals surface area contributed by atoms with Crippen LogP contribution in [0.5, 0.6) is 0 Å². The summed E-state index contributed by atoms with van der Waals surface area (Å²) in [4.78, 5) is 4.23. The van der Waals surface area contributed by atoms with Gasteiger partial charge in [0.25, 0.3) is 0 Å². The number of nitrogens with zero attached hydrogens (tertiary/aromatic N) is 2. The molecule has 2 aromatic carbocycles. The van der Waals surface area contributed by atoms with Gasteiger partial charge in [-0.1, -0.05) is 36.4 Å². The van der Waals surface area contributed by atoms with Crippen molar-refractivity contribution in [3.63, 3.8) is 0 Å². The van der Waals surface area contributed by atoms with Crippen LogP contribution in [0.3, 0.4) is 0 Å². The second kappa shape index (κ2) is 6.42. The van der Waals surface area contributed by atoms with Gasteiger partial charge in [0.1, 0.15) is 17.6 Å². The summed E-state index contributed by atoms with van der Waals surface area (Å²) in [6.45, 7) is 0.125. The number of fused-ring (bicyclic) bond motifs is 1. The molecule has 0 saturated heterocycles. The van der Waals surface area contributed by atoms with Gasteiger partial charge in [-0.05, 0) is 18.2 Å². The maximum absolute atomic E-state index is 13.7. The highest BCUT2D eigenvalue weighted by atomic mass is 19.1. The Bertz CT molecular complexity index is 889. The lowest BCUT2D eigenvalue weighted by atomic mass is 10.1. The van der Waals surface area contributed by atoms with E-state index in [0.29, 0.717) is 11.2 Å². The number of nitriles is 1. The topological polar surface area (TPSA) is 68.9 Å². The lowest BCUT2D eigenvalue weighted by molar-refractivity contribution is 0.186. The summed E-state index contributed by atoms with van der Waals surface area (Å²) in [7, 11) is 0. The Kier molecular flexibility index (Phi) is 4.18. The van der Waals surface area contributed by atoms with Gasteiger partial charge in [-0.15, -0.1) is 0 Å². The van der Waals surface area contributed by atoms with Crippen LogP contribution in [0.2, 0.25) is 0 Å². The molecule has 0 bridgehead atoms. The molecule has 1 unspecified atom stereocenters. The van der Waals surface area contributed by atoms with Crippen LogP contribution in [0.25, 0.3) is 10.9 Å². The summed E-state index contributed by atoms with van der Waals surface area (Å²) in [6, 6.07) is 17.2. The third-order valence-corrected chi connectivity index (χ3v) is 3.58. The average Bonchev–Trinajstić information content (AvgIpc) is 2.59. The van der Waals surface area contributed by atoms with E-state index in [2.05, 4.69) is 10.3 Å². The maximum Gasteiger partial charge on any atom is 0.143 e. The van der Waals surface area contributed by atoms with Gasteiger partial charge in [0.05, 0.1) is 11.6 Å². The van der Waals surface area contributed by atoms with Gasteiger partial charge in [-0.2, -0.15) is 5.26 Å². The molecule has 0 radical (unpaired) electrons. The standard InChI is InChI=1S/C18H14FN3O/c19-15-7-3-1-5-13(15)18(23)11-21-17-9-12(10-20)22-16-8-4-2-6-14(16)17/h1-9,18,23H,11H2,(H,21,22). The monoisotopic (exact) mass is 307 g/mol. The molecule has 23 heavy (non-hydrogen) atoms. The average molecular weight is 307 g/mol. The van der Waals surface area contributed by atoms with Crippen molar-refractivity contribution in [2.45, 2.75) is 6.10 Å². The van der Waals surface area contributed by atoms with Gasteiger partial charge in [0, 0.05) is 23.2 Å². The van der Waals surface area contributed by atoms with Crippen LogP contribution in [-0.2, 0) is 0 Å². The van der Waals surface area contributed by atoms with Crippen LogP contribution >= 0.6 is 0 Å². The molecule has 0 fully saturated rings. The number of benzene rings is 2. The first-order valence-electron chi connectivity index (χ1n) is 7.15. The summed E-state index contributed by atoms with van der Waals surface area (Å²) in [5.41, 5.74) is 1.89. The van der Waals surface area contributed by atoms with Crippen molar-refractivity contribution in [3.8, 4) is 6.07 Å². The molecule has 1 aromatic heterocycles. The van der Waals surface area contributed by atoms with Crippen molar-refractivity contribution in [2.75, 3.05) is 11.9 Å². The molecule has 0 spiro atoms. The molecule has 3 aromatic rings. The van der Waals surface area contributed by atoms with Crippen LogP contribution in [-0.4, -0.2) is 16.6 Å². The fourth-order valence-corrected chi connectivity index (χ4v) is 2.44. The Morgan fingerprint density at radius 1 is 1.17 bits per heavy atom. The molecule has 0 saturated carbocycles. The van der Waals surface area contributed by atoms with Crippen molar-refractivity contribution >= 4 is 16.6 Å². The Morgan fingerprint density at radius 2 is 1.91 bits per heavy atom. The molecular formula is C18H14FN3O. The molecule has 0 aliphatic heterocycles. The van der Waals surface area contributed by atoms with Crippen LogP contribution in [0.1, 0.15) is 17.4 Å². The zero-order valence-electron chi connectivity index (χ0n) is 12.2. The first-order chi connectivity index (χ1) is 11.2. The molecule has 4 nitrogen and oxygen atoms in total. The zero-order chi connectivity index (χ0) is 16.2. The third-order valence-electron chi connectivity index (χ3n) is 3.58. The van der Waals surface area contributed by atoms with E-state index in [1.807, 2.05) is 30.3 Å². The molecule has 5 heteroatoms. The number of aromatic nitrogens is 1. The number of halogens is 1. The molecule has 3 rings (SSSR count). The summed E-state index contributed by atoms with van der Waals surface area (Å²) < 4.78 is 13.7. The van der Waals surface area contributed by atoms with Crippen molar-refractivity contribution in [1.82, 2.24) is 4.98 Å². The van der Waals surface area contributed by atoms with Crippen molar-refractivity contribution in [2.24, 2.45) is 0 Å². The summed E-state index contributed by atoms with van der Waals surface area (Å²) >= 11 is 0. The number of rotatable bonds is 4. The molecule has 1 heterocycles. The fourth-order valence-electron chi connectivity index (χ4n) is 2.44. The molecule has 1 atom stereocenters. The normalized spacial score (nSPS) is 11.9. The van der Waals surface area contributed by atoms with Crippen LogP contribution in [0.15, 0.2) is 54.6 Å². The van der Waals surface area contributed by atoms with E-state index < -0.39 is 11.9 Å². The minimum absolute atomic E-state index is 0.125. The highest BCUT2D eigenvalue weighted by molar-refractivity contribution is 5.91. The molecule has 0 aliphatic carbocycles. The predicted molar refractivity (Wildman–Crippen MR) is 86.3 cm³/mol. The van der Waals surface area contributed by atoms with E-state index in [-0.39, 0.29) is 17.8 Å². The van der Waals surface area contributed by atoms with Crippen molar-refractivity contribution in [3.05, 3.63) is 71.7 Å². The largest absolute Gasteiger partial charge is 0.386 e. The molecule has 0 aliphatic rings. The molecule has 0 amide bonds. The van der Waals surface area contributed by atoms with Gasteiger partial charge in [0.15, 0.2) is 0 Å². The van der Waals surface area contributed by atoms with Gasteiger partial charge in [-0.3, -0.25) is 0 Å². The zero-order valence-corrected chi connectivity index (χ0v) is 12.2. The van der Waals surface area contributed by atoms with E-state index in [4.69, 9.17) is 5.26 Å². The number of hydrogen-bond donors (Lipinski definition) is 2. The van der Waals surface area contributed by atoms with Gasteiger partial charge in [-0.25, -0.2) is 9.37 Å². The van der Waals surface area contributed by atoms with Gasteiger partial charge < -0.3 is 10.4 Å². The smallest absolute Gasteiger partial charge is 0.143 e. The SMILES string of the molecule is N#Cc1cc(NCC(O)c2ccccc2F)c2ccccc2n1. The lowest BCUT2D eigenvalue weighted by Gasteiger charge is -2.15. The number of para-hydroxylation sites is 1. The van der Waals surface area contributed by atoms with Gasteiger partial charge in [0.2, 0.25) is 0 Å². The fraction of sp³-hybridized carbons (Fsp3) is 0.111. The Labute approximate surface area is 132 Å². The second-order valence-electron chi connectivity index (χ2n) is 5.10. The lowest BCUT2D eigenvalue weighted by Crippen LogP contribution is -2.14. The highest BCUT2D eigenvalue weighted by Crippen LogP contribution is 2.24. The number of aliphatic hydroxyl groups excluding tert-OH is 1. The summed E-state index contributed by atoms with van der Waals surface area (Å²) in [5, 5.41) is 23.2. The number of anilines is 1. The molecule has 114 valence electrons. The minimum Gasteiger partial charge on any atom is -0.386 e. The molecule has 2 N–H and O–H groups in total. The van der Waals surface area contributed by atoms with Crippen LogP contribution in [0, 0.1) is 17.1 Å². The quantitative estimate of drug-likeness (QED) is 0.775.